The van der Waals surface area contributed by atoms with Gasteiger partial charge in [-0.05, 0) is 0 Å². The Labute approximate surface area is 118 Å². The molecule has 114 valence electrons. The van der Waals surface area contributed by atoms with Crippen molar-refractivity contribution in [2.45, 2.75) is 30.6 Å². The summed E-state index contributed by atoms with van der Waals surface area (Å²) in [6.45, 7) is -0.509. The lowest BCUT2D eigenvalue weighted by molar-refractivity contribution is -0.250. The molecule has 2 aromatic heterocycles. The first-order valence-electron chi connectivity index (χ1n) is 6.28. The minimum Gasteiger partial charge on any atom is -0.394 e. The number of aliphatic hydroxyl groups is 4. The zero-order valence-electron chi connectivity index (χ0n) is 10.8. The standard InChI is InChI=1S/C11H15N5O5/c12-9-5-10(14-2-13-9)16(3-15-5)11-8(20)7(19)6(18)4(1-17)21-11/h2-4,6-8,11,17-20H,1H2,(H2,12,13,14)/t4-,6-,7+,8-,11-/m1/s1. The molecule has 0 radical (unpaired) electrons. The summed E-state index contributed by atoms with van der Waals surface area (Å²) in [7, 11) is 0. The van der Waals surface area contributed by atoms with Crippen LogP contribution in [0.3, 0.4) is 0 Å². The molecule has 0 amide bonds. The second-order valence-electron chi connectivity index (χ2n) is 4.80. The van der Waals surface area contributed by atoms with Crippen LogP contribution in [-0.2, 0) is 4.74 Å². The number of imidazole rings is 1. The quantitative estimate of drug-likeness (QED) is 0.400. The maximum absolute atomic E-state index is 10.1. The van der Waals surface area contributed by atoms with Gasteiger partial charge < -0.3 is 30.9 Å². The van der Waals surface area contributed by atoms with E-state index in [1.807, 2.05) is 0 Å². The smallest absolute Gasteiger partial charge is 0.167 e. The lowest BCUT2D eigenvalue weighted by atomic mass is 9.98. The third-order valence-corrected chi connectivity index (χ3v) is 3.53. The number of hydrogen-bond acceptors (Lipinski definition) is 9. The van der Waals surface area contributed by atoms with Crippen molar-refractivity contribution in [2.75, 3.05) is 12.3 Å². The number of nitrogens with two attached hydrogens (primary N) is 1. The highest BCUT2D eigenvalue weighted by atomic mass is 16.6. The molecule has 3 heterocycles. The zero-order chi connectivity index (χ0) is 15.1. The van der Waals surface area contributed by atoms with Crippen LogP contribution in [0, 0.1) is 0 Å². The molecule has 6 N–H and O–H groups in total. The largest absolute Gasteiger partial charge is 0.394 e. The third kappa shape index (κ3) is 2.13. The average Bonchev–Trinajstić information content (AvgIpc) is 2.91. The van der Waals surface area contributed by atoms with Gasteiger partial charge in [-0.25, -0.2) is 15.0 Å². The van der Waals surface area contributed by atoms with Crippen molar-refractivity contribution >= 4 is 17.0 Å². The molecule has 21 heavy (non-hydrogen) atoms. The predicted molar refractivity (Wildman–Crippen MR) is 68.8 cm³/mol. The number of hydrogen-bond donors (Lipinski definition) is 5. The lowest BCUT2D eigenvalue weighted by Crippen LogP contribution is -2.56. The summed E-state index contributed by atoms with van der Waals surface area (Å²) in [4.78, 5) is 11.9. The van der Waals surface area contributed by atoms with Gasteiger partial charge in [-0.3, -0.25) is 4.57 Å². The SMILES string of the molecule is Nc1ncnc2c1ncn2[C@@H]1O[C@H](CO)[C@@H](O)[C@H](O)[C@H]1O. The van der Waals surface area contributed by atoms with Gasteiger partial charge in [0.25, 0.3) is 0 Å². The first kappa shape index (κ1) is 14.1. The van der Waals surface area contributed by atoms with E-state index in [1.165, 1.54) is 17.2 Å². The maximum Gasteiger partial charge on any atom is 0.167 e. The number of anilines is 1. The van der Waals surface area contributed by atoms with Crippen LogP contribution in [0.15, 0.2) is 12.7 Å². The van der Waals surface area contributed by atoms with Crippen molar-refractivity contribution in [2.24, 2.45) is 0 Å². The maximum atomic E-state index is 10.1. The molecule has 1 aliphatic heterocycles. The first-order chi connectivity index (χ1) is 10.0. The fourth-order valence-electron chi connectivity index (χ4n) is 2.37. The fraction of sp³-hybridized carbons (Fsp3) is 0.545. The van der Waals surface area contributed by atoms with E-state index in [9.17, 15) is 20.4 Å². The van der Waals surface area contributed by atoms with Gasteiger partial charge in [0, 0.05) is 0 Å². The number of nitrogen functional groups attached to an aromatic ring is 1. The second-order valence-corrected chi connectivity index (χ2v) is 4.80. The molecule has 0 aromatic carbocycles. The third-order valence-electron chi connectivity index (χ3n) is 3.53. The Hall–Kier alpha value is -1.85. The predicted octanol–water partition coefficient (Wildman–Crippen LogP) is -2.62. The fourth-order valence-corrected chi connectivity index (χ4v) is 2.37. The van der Waals surface area contributed by atoms with Gasteiger partial charge in [0.1, 0.15) is 36.3 Å². The van der Waals surface area contributed by atoms with Gasteiger partial charge >= 0.3 is 0 Å². The van der Waals surface area contributed by atoms with Gasteiger partial charge in [-0.2, -0.15) is 0 Å². The number of nitrogens with zero attached hydrogens (tertiary/aromatic N) is 4. The van der Waals surface area contributed by atoms with Crippen LogP contribution in [0.25, 0.3) is 11.2 Å². The molecule has 0 spiro atoms. The Morgan fingerprint density at radius 2 is 1.90 bits per heavy atom. The van der Waals surface area contributed by atoms with Crippen molar-refractivity contribution in [3.05, 3.63) is 12.7 Å². The van der Waals surface area contributed by atoms with Crippen LogP contribution in [0.5, 0.6) is 0 Å². The molecule has 0 aliphatic carbocycles. The second kappa shape index (κ2) is 5.16. The Morgan fingerprint density at radius 1 is 1.14 bits per heavy atom. The van der Waals surface area contributed by atoms with E-state index in [4.69, 9.17) is 10.5 Å². The number of aliphatic hydroxyl groups excluding tert-OH is 4. The topological polar surface area (TPSA) is 160 Å². The molecule has 0 unspecified atom stereocenters. The Morgan fingerprint density at radius 3 is 2.62 bits per heavy atom. The zero-order valence-corrected chi connectivity index (χ0v) is 10.8. The summed E-state index contributed by atoms with van der Waals surface area (Å²) in [6.07, 6.45) is -3.82. The Balaban J connectivity index is 2.03. The molecule has 10 heteroatoms. The molecule has 1 aliphatic rings. The van der Waals surface area contributed by atoms with E-state index in [1.54, 1.807) is 0 Å². The van der Waals surface area contributed by atoms with Crippen LogP contribution in [0.4, 0.5) is 5.82 Å². The minimum atomic E-state index is -1.47. The monoisotopic (exact) mass is 297 g/mol. The van der Waals surface area contributed by atoms with Crippen LogP contribution in [0.2, 0.25) is 0 Å². The molecule has 2 aromatic rings. The molecule has 0 bridgehead atoms. The van der Waals surface area contributed by atoms with Crippen molar-refractivity contribution in [1.82, 2.24) is 19.5 Å². The minimum absolute atomic E-state index is 0.170. The average molecular weight is 297 g/mol. The van der Waals surface area contributed by atoms with E-state index in [-0.39, 0.29) is 5.82 Å². The van der Waals surface area contributed by atoms with Gasteiger partial charge in [0.05, 0.1) is 12.9 Å². The number of ether oxygens (including phenoxy) is 1. The van der Waals surface area contributed by atoms with E-state index >= 15 is 0 Å². The van der Waals surface area contributed by atoms with Crippen LogP contribution < -0.4 is 5.73 Å². The van der Waals surface area contributed by atoms with Crippen molar-refractivity contribution in [1.29, 1.82) is 0 Å². The summed E-state index contributed by atoms with van der Waals surface area (Å²) < 4.78 is 6.81. The molecule has 0 saturated carbocycles. The molecule has 1 saturated heterocycles. The Kier molecular flexibility index (Phi) is 3.47. The lowest BCUT2D eigenvalue weighted by Gasteiger charge is -2.40. The van der Waals surface area contributed by atoms with E-state index < -0.39 is 37.3 Å². The van der Waals surface area contributed by atoms with Gasteiger partial charge in [0.2, 0.25) is 0 Å². The van der Waals surface area contributed by atoms with Gasteiger partial charge in [0.15, 0.2) is 17.7 Å². The molecular weight excluding hydrogens is 282 g/mol. The summed E-state index contributed by atoms with van der Waals surface area (Å²) in [6, 6.07) is 0. The highest BCUT2D eigenvalue weighted by Gasteiger charge is 2.44. The van der Waals surface area contributed by atoms with Crippen molar-refractivity contribution in [3.63, 3.8) is 0 Å². The van der Waals surface area contributed by atoms with Crippen LogP contribution >= 0.6 is 0 Å². The first-order valence-corrected chi connectivity index (χ1v) is 6.28. The Bertz CT molecular complexity index is 647. The molecule has 5 atom stereocenters. The highest BCUT2D eigenvalue weighted by Crippen LogP contribution is 2.30. The van der Waals surface area contributed by atoms with Gasteiger partial charge in [-0.15, -0.1) is 0 Å². The molecule has 10 nitrogen and oxygen atoms in total. The summed E-state index contributed by atoms with van der Waals surface area (Å²) in [5, 5.41) is 38.8. The summed E-state index contributed by atoms with van der Waals surface area (Å²) in [5.74, 6) is 0.170. The molecule has 3 rings (SSSR count). The molecular formula is C11H15N5O5. The summed E-state index contributed by atoms with van der Waals surface area (Å²) >= 11 is 0. The number of aromatic nitrogens is 4. The van der Waals surface area contributed by atoms with Crippen molar-refractivity contribution < 1.29 is 25.2 Å². The summed E-state index contributed by atoms with van der Waals surface area (Å²) in [5.41, 5.74) is 6.32. The van der Waals surface area contributed by atoms with Crippen LogP contribution in [0.1, 0.15) is 6.23 Å². The van der Waals surface area contributed by atoms with E-state index in [2.05, 4.69) is 15.0 Å². The highest BCUT2D eigenvalue weighted by molar-refractivity contribution is 5.81. The van der Waals surface area contributed by atoms with E-state index in [0.717, 1.165) is 0 Å². The van der Waals surface area contributed by atoms with E-state index in [0.29, 0.717) is 11.2 Å². The number of fused-ring (bicyclic) bond motifs is 1. The van der Waals surface area contributed by atoms with Crippen molar-refractivity contribution in [3.8, 4) is 0 Å². The van der Waals surface area contributed by atoms with Crippen LogP contribution in [-0.4, -0.2) is 71.0 Å². The normalized spacial score (nSPS) is 33.4. The van der Waals surface area contributed by atoms with Gasteiger partial charge in [-0.1, -0.05) is 0 Å². The molecule has 1 fully saturated rings. The number of rotatable bonds is 2.